The lowest BCUT2D eigenvalue weighted by Crippen LogP contribution is -2.00. The highest BCUT2D eigenvalue weighted by Crippen LogP contribution is 2.35. The lowest BCUT2D eigenvalue weighted by molar-refractivity contribution is -0.385. The summed E-state index contributed by atoms with van der Waals surface area (Å²) in [6.07, 6.45) is 0.683. The van der Waals surface area contributed by atoms with Crippen molar-refractivity contribution in [2.24, 2.45) is 0 Å². The van der Waals surface area contributed by atoms with E-state index in [0.717, 1.165) is 0 Å². The number of aliphatic hydroxyl groups excluding tert-OH is 1. The van der Waals surface area contributed by atoms with Crippen LogP contribution in [0.2, 0.25) is 0 Å². The molecular weight excluding hydrogens is 276 g/mol. The molecule has 110 valence electrons. The van der Waals surface area contributed by atoms with Crippen molar-refractivity contribution in [2.45, 2.75) is 13.0 Å². The Morgan fingerprint density at radius 3 is 2.76 bits per heavy atom. The van der Waals surface area contributed by atoms with Gasteiger partial charge < -0.3 is 14.6 Å². The molecule has 0 saturated carbocycles. The molecule has 1 atom stereocenters. The topological polar surface area (TPSA) is 94.7 Å². The Hall–Kier alpha value is -2.67. The normalized spacial score (nSPS) is 11.8. The molecule has 0 spiro atoms. The van der Waals surface area contributed by atoms with Crippen molar-refractivity contribution in [3.63, 3.8) is 0 Å². The Balaban J connectivity index is 2.42. The van der Waals surface area contributed by atoms with Crippen molar-refractivity contribution in [3.8, 4) is 17.4 Å². The molecule has 7 nitrogen and oxygen atoms in total. The lowest BCUT2D eigenvalue weighted by Gasteiger charge is -2.12. The largest absolute Gasteiger partial charge is 0.496 e. The highest BCUT2D eigenvalue weighted by molar-refractivity contribution is 5.52. The Kier molecular flexibility index (Phi) is 4.34. The van der Waals surface area contributed by atoms with E-state index < -0.39 is 11.0 Å². The van der Waals surface area contributed by atoms with E-state index in [2.05, 4.69) is 4.98 Å². The molecule has 0 bridgehead atoms. The van der Waals surface area contributed by atoms with Gasteiger partial charge in [0.25, 0.3) is 0 Å². The first kappa shape index (κ1) is 14.7. The predicted octanol–water partition coefficient (Wildman–Crippen LogP) is 2.84. The van der Waals surface area contributed by atoms with Gasteiger partial charge in [-0.2, -0.15) is 0 Å². The fraction of sp³-hybridized carbons (Fsp3) is 0.214. The minimum absolute atomic E-state index is 0.0291. The summed E-state index contributed by atoms with van der Waals surface area (Å²) in [5.41, 5.74) is 0.208. The third-order valence-electron chi connectivity index (χ3n) is 2.82. The molecule has 0 aliphatic carbocycles. The van der Waals surface area contributed by atoms with Gasteiger partial charge in [0.15, 0.2) is 0 Å². The molecule has 0 aliphatic rings. The van der Waals surface area contributed by atoms with Crippen LogP contribution in [0.5, 0.6) is 17.4 Å². The van der Waals surface area contributed by atoms with E-state index >= 15 is 0 Å². The number of nitro benzene ring substituents is 1. The van der Waals surface area contributed by atoms with E-state index in [1.165, 1.54) is 25.4 Å². The summed E-state index contributed by atoms with van der Waals surface area (Å²) >= 11 is 0. The molecular formula is C14H14N2O5. The lowest BCUT2D eigenvalue weighted by atomic mass is 10.2. The fourth-order valence-corrected chi connectivity index (χ4v) is 1.76. The molecule has 2 rings (SSSR count). The molecule has 0 amide bonds. The van der Waals surface area contributed by atoms with Gasteiger partial charge in [0.05, 0.1) is 24.2 Å². The number of aliphatic hydroxyl groups is 1. The predicted molar refractivity (Wildman–Crippen MR) is 74.6 cm³/mol. The van der Waals surface area contributed by atoms with Crippen LogP contribution in [0.1, 0.15) is 18.6 Å². The van der Waals surface area contributed by atoms with Crippen LogP contribution in [0.25, 0.3) is 0 Å². The number of hydrogen-bond acceptors (Lipinski definition) is 6. The second kappa shape index (κ2) is 6.19. The highest BCUT2D eigenvalue weighted by atomic mass is 16.6. The third kappa shape index (κ3) is 3.26. The molecule has 1 heterocycles. The van der Waals surface area contributed by atoms with Gasteiger partial charge in [-0.25, -0.2) is 4.98 Å². The van der Waals surface area contributed by atoms with Crippen molar-refractivity contribution < 1.29 is 19.5 Å². The average molecular weight is 290 g/mol. The molecule has 1 unspecified atom stereocenters. The number of nitro groups is 1. The van der Waals surface area contributed by atoms with Crippen LogP contribution in [0.4, 0.5) is 5.69 Å². The number of nitrogens with zero attached hydrogens (tertiary/aromatic N) is 2. The Labute approximate surface area is 120 Å². The molecule has 1 aromatic heterocycles. The fourth-order valence-electron chi connectivity index (χ4n) is 1.76. The quantitative estimate of drug-likeness (QED) is 0.672. The number of rotatable bonds is 5. The second-order valence-corrected chi connectivity index (χ2v) is 4.27. The summed E-state index contributed by atoms with van der Waals surface area (Å²) in [7, 11) is 1.42. The van der Waals surface area contributed by atoms with Gasteiger partial charge in [-0.15, -0.1) is 0 Å². The van der Waals surface area contributed by atoms with Crippen LogP contribution in [0, 0.1) is 10.1 Å². The molecule has 0 radical (unpaired) electrons. The number of methoxy groups -OCH3 is 1. The smallest absolute Gasteiger partial charge is 0.315 e. The summed E-state index contributed by atoms with van der Waals surface area (Å²) in [5.74, 6) is 0.507. The number of hydrogen-bond donors (Lipinski definition) is 1. The third-order valence-corrected chi connectivity index (χ3v) is 2.82. The molecule has 0 saturated heterocycles. The van der Waals surface area contributed by atoms with Crippen molar-refractivity contribution in [2.75, 3.05) is 7.11 Å². The zero-order valence-electron chi connectivity index (χ0n) is 11.5. The first-order chi connectivity index (χ1) is 10.0. The van der Waals surface area contributed by atoms with E-state index in [1.807, 2.05) is 0 Å². The van der Waals surface area contributed by atoms with Crippen molar-refractivity contribution in [3.05, 3.63) is 52.2 Å². The highest BCUT2D eigenvalue weighted by Gasteiger charge is 2.19. The van der Waals surface area contributed by atoms with Crippen LogP contribution in [0.15, 0.2) is 36.5 Å². The van der Waals surface area contributed by atoms with Gasteiger partial charge in [0.1, 0.15) is 5.75 Å². The van der Waals surface area contributed by atoms with Crippen LogP contribution >= 0.6 is 0 Å². The summed E-state index contributed by atoms with van der Waals surface area (Å²) in [6.45, 7) is 1.56. The van der Waals surface area contributed by atoms with Gasteiger partial charge in [0, 0.05) is 11.8 Å². The summed E-state index contributed by atoms with van der Waals surface area (Å²) in [6, 6.07) is 7.53. The molecule has 0 fully saturated rings. The molecule has 2 aromatic rings. The van der Waals surface area contributed by atoms with E-state index in [4.69, 9.17) is 9.47 Å². The van der Waals surface area contributed by atoms with E-state index in [0.29, 0.717) is 11.3 Å². The van der Waals surface area contributed by atoms with E-state index in [-0.39, 0.29) is 17.3 Å². The number of benzene rings is 1. The zero-order chi connectivity index (χ0) is 15.4. The monoisotopic (exact) mass is 290 g/mol. The standard InChI is InChI=1S/C14H14N2O5/c1-9(17)11-4-3-7-15-14(11)21-13-6-5-10(20-2)8-12(13)16(18)19/h3-9,17H,1-2H3. The van der Waals surface area contributed by atoms with E-state index in [1.54, 1.807) is 25.1 Å². The van der Waals surface area contributed by atoms with Gasteiger partial charge in [0.2, 0.25) is 11.6 Å². The Morgan fingerprint density at radius 1 is 1.38 bits per heavy atom. The van der Waals surface area contributed by atoms with Crippen LogP contribution in [-0.4, -0.2) is 22.1 Å². The van der Waals surface area contributed by atoms with Gasteiger partial charge in [-0.1, -0.05) is 0 Å². The number of ether oxygens (including phenoxy) is 2. The maximum absolute atomic E-state index is 11.1. The zero-order valence-corrected chi connectivity index (χ0v) is 11.5. The first-order valence-corrected chi connectivity index (χ1v) is 6.16. The molecule has 7 heteroatoms. The maximum Gasteiger partial charge on any atom is 0.315 e. The van der Waals surface area contributed by atoms with Crippen molar-refractivity contribution in [1.29, 1.82) is 0 Å². The molecule has 1 N–H and O–H groups in total. The van der Waals surface area contributed by atoms with E-state index in [9.17, 15) is 15.2 Å². The van der Waals surface area contributed by atoms with Crippen LogP contribution < -0.4 is 9.47 Å². The summed E-state index contributed by atoms with van der Waals surface area (Å²) < 4.78 is 10.5. The first-order valence-electron chi connectivity index (χ1n) is 6.16. The Morgan fingerprint density at radius 2 is 2.14 bits per heavy atom. The SMILES string of the molecule is COc1ccc(Oc2ncccc2C(C)O)c([N+](=O)[O-])c1. The summed E-state index contributed by atoms with van der Waals surface area (Å²) in [4.78, 5) is 14.5. The molecule has 1 aromatic carbocycles. The number of pyridine rings is 1. The maximum atomic E-state index is 11.1. The number of aromatic nitrogens is 1. The van der Waals surface area contributed by atoms with Gasteiger partial charge in [-0.05, 0) is 31.2 Å². The minimum Gasteiger partial charge on any atom is -0.496 e. The van der Waals surface area contributed by atoms with Crippen LogP contribution in [-0.2, 0) is 0 Å². The Bertz CT molecular complexity index is 658. The second-order valence-electron chi connectivity index (χ2n) is 4.27. The van der Waals surface area contributed by atoms with Crippen molar-refractivity contribution >= 4 is 5.69 Å². The average Bonchev–Trinajstić information content (AvgIpc) is 2.47. The molecule has 21 heavy (non-hydrogen) atoms. The van der Waals surface area contributed by atoms with Gasteiger partial charge >= 0.3 is 5.69 Å². The summed E-state index contributed by atoms with van der Waals surface area (Å²) in [5, 5.41) is 20.8. The van der Waals surface area contributed by atoms with Crippen molar-refractivity contribution in [1.82, 2.24) is 4.98 Å². The van der Waals surface area contributed by atoms with Gasteiger partial charge in [-0.3, -0.25) is 10.1 Å². The minimum atomic E-state index is -0.800. The molecule has 0 aliphatic heterocycles. The van der Waals surface area contributed by atoms with Crippen LogP contribution in [0.3, 0.4) is 0 Å².